The summed E-state index contributed by atoms with van der Waals surface area (Å²) in [4.78, 5) is 15.7. The molecule has 66 valence electrons. The van der Waals surface area contributed by atoms with Crippen molar-refractivity contribution < 1.29 is 0 Å². The topological polar surface area (TPSA) is 34.4 Å². The molecule has 0 aromatic carbocycles. The summed E-state index contributed by atoms with van der Waals surface area (Å²) in [7, 11) is 0. The zero-order valence-corrected chi connectivity index (χ0v) is 7.61. The van der Waals surface area contributed by atoms with E-state index in [0.29, 0.717) is 11.2 Å². The second kappa shape index (κ2) is 2.69. The molecule has 0 aliphatic heterocycles. The lowest BCUT2D eigenvalue weighted by molar-refractivity contribution is 1.00. The van der Waals surface area contributed by atoms with E-state index in [1.165, 1.54) is 0 Å². The van der Waals surface area contributed by atoms with Gasteiger partial charge in [-0.25, -0.2) is 4.98 Å². The maximum atomic E-state index is 11.6. The van der Waals surface area contributed by atoms with E-state index < -0.39 is 0 Å². The van der Waals surface area contributed by atoms with Crippen LogP contribution in [0, 0.1) is 13.8 Å². The van der Waals surface area contributed by atoms with Gasteiger partial charge in [-0.15, -0.1) is 0 Å². The molecule has 2 rings (SSSR count). The van der Waals surface area contributed by atoms with Crippen LogP contribution in [0.25, 0.3) is 5.65 Å². The summed E-state index contributed by atoms with van der Waals surface area (Å²) < 4.78 is 1.57. The molecule has 0 bridgehead atoms. The molecule has 0 aliphatic carbocycles. The van der Waals surface area contributed by atoms with E-state index in [2.05, 4.69) is 4.98 Å². The van der Waals surface area contributed by atoms with Gasteiger partial charge in [-0.2, -0.15) is 0 Å². The first-order valence-corrected chi connectivity index (χ1v) is 4.13. The normalized spacial score (nSPS) is 10.6. The molecule has 0 amide bonds. The largest absolute Gasteiger partial charge is 0.269 e. The van der Waals surface area contributed by atoms with Crippen molar-refractivity contribution in [1.82, 2.24) is 9.38 Å². The van der Waals surface area contributed by atoms with E-state index in [1.54, 1.807) is 23.7 Å². The van der Waals surface area contributed by atoms with Crippen LogP contribution in [0.15, 0.2) is 29.3 Å². The molecule has 2 aromatic heterocycles. The summed E-state index contributed by atoms with van der Waals surface area (Å²) >= 11 is 0. The maximum absolute atomic E-state index is 11.6. The molecule has 3 heteroatoms. The van der Waals surface area contributed by atoms with Crippen molar-refractivity contribution in [3.05, 3.63) is 46.0 Å². The third-order valence-corrected chi connectivity index (χ3v) is 2.02. The van der Waals surface area contributed by atoms with Crippen LogP contribution in [0.5, 0.6) is 0 Å². The van der Waals surface area contributed by atoms with E-state index in [1.807, 2.05) is 19.1 Å². The molecule has 2 aromatic rings. The minimum atomic E-state index is 0.00806. The molecular formula is C10H10N2O. The lowest BCUT2D eigenvalue weighted by atomic mass is 10.3. The summed E-state index contributed by atoms with van der Waals surface area (Å²) in [5, 5.41) is 0. The van der Waals surface area contributed by atoms with Gasteiger partial charge in [-0.1, -0.05) is 6.07 Å². The van der Waals surface area contributed by atoms with Crippen LogP contribution in [-0.4, -0.2) is 9.38 Å². The summed E-state index contributed by atoms with van der Waals surface area (Å²) in [6.45, 7) is 3.72. The highest BCUT2D eigenvalue weighted by atomic mass is 16.1. The monoisotopic (exact) mass is 174 g/mol. The lowest BCUT2D eigenvalue weighted by Crippen LogP contribution is -2.16. The van der Waals surface area contributed by atoms with Crippen LogP contribution in [0.1, 0.15) is 11.1 Å². The van der Waals surface area contributed by atoms with E-state index in [4.69, 9.17) is 0 Å². The van der Waals surface area contributed by atoms with E-state index >= 15 is 0 Å². The molecule has 13 heavy (non-hydrogen) atoms. The third-order valence-electron chi connectivity index (χ3n) is 2.02. The highest BCUT2D eigenvalue weighted by Crippen LogP contribution is 2.00. The first-order chi connectivity index (χ1) is 6.18. The second-order valence-electron chi connectivity index (χ2n) is 3.18. The van der Waals surface area contributed by atoms with E-state index in [-0.39, 0.29) is 5.56 Å². The zero-order valence-electron chi connectivity index (χ0n) is 7.61. The standard InChI is InChI=1S/C10H10N2O/c1-7-3-4-9-11-5-8(2)10(13)12(9)6-7/h3-6H,1-2H3. The van der Waals surface area contributed by atoms with Crippen molar-refractivity contribution in [2.24, 2.45) is 0 Å². The third kappa shape index (κ3) is 1.22. The van der Waals surface area contributed by atoms with Gasteiger partial charge in [0.05, 0.1) is 0 Å². The molecule has 0 fully saturated rings. The maximum Gasteiger partial charge on any atom is 0.260 e. The number of pyridine rings is 1. The lowest BCUT2D eigenvalue weighted by Gasteiger charge is -2.01. The van der Waals surface area contributed by atoms with Crippen LogP contribution in [0.3, 0.4) is 0 Å². The van der Waals surface area contributed by atoms with Crippen molar-refractivity contribution in [2.75, 3.05) is 0 Å². The van der Waals surface area contributed by atoms with Gasteiger partial charge in [0.1, 0.15) is 5.65 Å². The zero-order chi connectivity index (χ0) is 9.42. The van der Waals surface area contributed by atoms with Gasteiger partial charge in [-0.3, -0.25) is 9.20 Å². The second-order valence-corrected chi connectivity index (χ2v) is 3.18. The average Bonchev–Trinajstić information content (AvgIpc) is 2.12. The van der Waals surface area contributed by atoms with Gasteiger partial charge in [0.15, 0.2) is 0 Å². The fourth-order valence-electron chi connectivity index (χ4n) is 1.28. The van der Waals surface area contributed by atoms with Crippen molar-refractivity contribution in [1.29, 1.82) is 0 Å². The van der Waals surface area contributed by atoms with Gasteiger partial charge in [0.2, 0.25) is 0 Å². The molecule has 0 N–H and O–H groups in total. The van der Waals surface area contributed by atoms with Crippen molar-refractivity contribution in [2.45, 2.75) is 13.8 Å². The number of nitrogens with zero attached hydrogens (tertiary/aromatic N) is 2. The van der Waals surface area contributed by atoms with Crippen LogP contribution < -0.4 is 5.56 Å². The van der Waals surface area contributed by atoms with Crippen LogP contribution in [-0.2, 0) is 0 Å². The van der Waals surface area contributed by atoms with E-state index in [0.717, 1.165) is 5.56 Å². The Balaban J connectivity index is 2.97. The number of aromatic nitrogens is 2. The SMILES string of the molecule is Cc1ccc2ncc(C)c(=O)n2c1. The predicted molar refractivity (Wildman–Crippen MR) is 50.9 cm³/mol. The van der Waals surface area contributed by atoms with Crippen LogP contribution >= 0.6 is 0 Å². The van der Waals surface area contributed by atoms with Gasteiger partial charge in [0.25, 0.3) is 5.56 Å². The fraction of sp³-hybridized carbons (Fsp3) is 0.200. The fourth-order valence-corrected chi connectivity index (χ4v) is 1.28. The Morgan fingerprint density at radius 3 is 2.85 bits per heavy atom. The predicted octanol–water partition coefficient (Wildman–Crippen LogP) is 1.31. The minimum absolute atomic E-state index is 0.00806. The summed E-state index contributed by atoms with van der Waals surface area (Å²) in [5.41, 5.74) is 2.43. The number of fused-ring (bicyclic) bond motifs is 1. The van der Waals surface area contributed by atoms with Gasteiger partial charge >= 0.3 is 0 Å². The molecule has 2 heterocycles. The van der Waals surface area contributed by atoms with Crippen LogP contribution in [0.2, 0.25) is 0 Å². The molecule has 0 saturated carbocycles. The Bertz CT molecular complexity index is 509. The molecule has 3 nitrogen and oxygen atoms in total. The highest BCUT2D eigenvalue weighted by Gasteiger charge is 1.99. The minimum Gasteiger partial charge on any atom is -0.269 e. The Morgan fingerprint density at radius 2 is 2.08 bits per heavy atom. The Labute approximate surface area is 75.7 Å². The summed E-state index contributed by atoms with van der Waals surface area (Å²) in [6.07, 6.45) is 3.41. The number of hydrogen-bond donors (Lipinski definition) is 0. The smallest absolute Gasteiger partial charge is 0.260 e. The number of hydrogen-bond acceptors (Lipinski definition) is 2. The van der Waals surface area contributed by atoms with Crippen molar-refractivity contribution in [3.63, 3.8) is 0 Å². The van der Waals surface area contributed by atoms with Crippen LogP contribution in [0.4, 0.5) is 0 Å². The average molecular weight is 174 g/mol. The molecular weight excluding hydrogens is 164 g/mol. The van der Waals surface area contributed by atoms with Crippen molar-refractivity contribution >= 4 is 5.65 Å². The molecule has 0 atom stereocenters. The Kier molecular flexibility index (Phi) is 1.65. The number of rotatable bonds is 0. The molecule has 0 aliphatic rings. The molecule has 0 saturated heterocycles. The summed E-state index contributed by atoms with van der Waals surface area (Å²) in [6, 6.07) is 3.78. The van der Waals surface area contributed by atoms with Gasteiger partial charge in [-0.05, 0) is 25.5 Å². The first kappa shape index (κ1) is 7.98. The van der Waals surface area contributed by atoms with Crippen molar-refractivity contribution in [3.8, 4) is 0 Å². The van der Waals surface area contributed by atoms with Gasteiger partial charge < -0.3 is 0 Å². The Morgan fingerprint density at radius 1 is 1.31 bits per heavy atom. The first-order valence-electron chi connectivity index (χ1n) is 4.13. The molecule has 0 radical (unpaired) electrons. The van der Waals surface area contributed by atoms with E-state index in [9.17, 15) is 4.79 Å². The quantitative estimate of drug-likeness (QED) is 0.603. The molecule has 0 unspecified atom stereocenters. The molecule has 0 spiro atoms. The van der Waals surface area contributed by atoms with Gasteiger partial charge in [0, 0.05) is 18.0 Å². The summed E-state index contributed by atoms with van der Waals surface area (Å²) in [5.74, 6) is 0. The Hall–Kier alpha value is -1.64. The number of aryl methyl sites for hydroxylation is 2. The highest BCUT2D eigenvalue weighted by molar-refractivity contribution is 5.39.